The van der Waals surface area contributed by atoms with E-state index in [9.17, 15) is 4.79 Å². The third-order valence-corrected chi connectivity index (χ3v) is 4.46. The second-order valence-corrected chi connectivity index (χ2v) is 6.75. The number of nitrogens with one attached hydrogen (secondary N) is 2. The molecule has 25 heavy (non-hydrogen) atoms. The lowest BCUT2D eigenvalue weighted by Gasteiger charge is -2.20. The van der Waals surface area contributed by atoms with Gasteiger partial charge in [-0.2, -0.15) is 0 Å². The van der Waals surface area contributed by atoms with E-state index < -0.39 is 0 Å². The number of halogens is 1. The van der Waals surface area contributed by atoms with Gasteiger partial charge in [0.1, 0.15) is 0 Å². The molecule has 0 radical (unpaired) electrons. The molecule has 2 N–H and O–H groups in total. The third kappa shape index (κ3) is 10.2. The number of guanidine groups is 1. The maximum atomic E-state index is 12.0. The highest BCUT2D eigenvalue weighted by molar-refractivity contribution is 14.0. The lowest BCUT2D eigenvalue weighted by Crippen LogP contribution is -2.39. The van der Waals surface area contributed by atoms with Crippen LogP contribution in [0.15, 0.2) is 4.99 Å². The Morgan fingerprint density at radius 2 is 2.12 bits per heavy atom. The summed E-state index contributed by atoms with van der Waals surface area (Å²) >= 11 is 0. The van der Waals surface area contributed by atoms with Gasteiger partial charge in [-0.25, -0.2) is 0 Å². The summed E-state index contributed by atoms with van der Waals surface area (Å²) < 4.78 is 5.63. The highest BCUT2D eigenvalue weighted by Gasteiger charge is 2.20. The van der Waals surface area contributed by atoms with Crippen molar-refractivity contribution in [3.05, 3.63) is 0 Å². The standard InChI is InChI=1S/C18H34N4O2.HI/c1-2-19-18(21-11-14-24-15-16-8-9-16)20-10-6-13-22-12-5-3-4-7-17(22)23;/h16H,2-15H2,1H3,(H2,19,20,21);1H. The van der Waals surface area contributed by atoms with E-state index in [-0.39, 0.29) is 24.0 Å². The monoisotopic (exact) mass is 466 g/mol. The Kier molecular flexibility index (Phi) is 12.2. The van der Waals surface area contributed by atoms with Crippen LogP contribution in [0.2, 0.25) is 0 Å². The minimum Gasteiger partial charge on any atom is -0.379 e. The molecular weight excluding hydrogens is 431 g/mol. The summed E-state index contributed by atoms with van der Waals surface area (Å²) in [6.07, 6.45) is 7.66. The fraction of sp³-hybridized carbons (Fsp3) is 0.889. The molecule has 7 heteroatoms. The third-order valence-electron chi connectivity index (χ3n) is 4.46. The van der Waals surface area contributed by atoms with Gasteiger partial charge in [-0.1, -0.05) is 6.42 Å². The molecule has 1 aliphatic heterocycles. The van der Waals surface area contributed by atoms with Crippen LogP contribution in [-0.4, -0.2) is 62.7 Å². The lowest BCUT2D eigenvalue weighted by atomic mass is 10.2. The van der Waals surface area contributed by atoms with Crippen molar-refractivity contribution in [2.45, 2.75) is 51.9 Å². The van der Waals surface area contributed by atoms with E-state index in [1.54, 1.807) is 0 Å². The number of carbonyl (C=O) groups is 1. The Morgan fingerprint density at radius 3 is 2.88 bits per heavy atom. The highest BCUT2D eigenvalue weighted by Crippen LogP contribution is 2.28. The first-order valence-electron chi connectivity index (χ1n) is 9.67. The minimum atomic E-state index is 0. The predicted octanol–water partition coefficient (Wildman–Crippen LogP) is 2.38. The molecule has 0 atom stereocenters. The first kappa shape index (κ1) is 22.5. The molecule has 1 saturated carbocycles. The number of nitrogens with zero attached hydrogens (tertiary/aromatic N) is 2. The van der Waals surface area contributed by atoms with Crippen LogP contribution in [0.25, 0.3) is 0 Å². The molecule has 0 aromatic carbocycles. The van der Waals surface area contributed by atoms with Gasteiger partial charge >= 0.3 is 0 Å². The highest BCUT2D eigenvalue weighted by atomic mass is 127. The van der Waals surface area contributed by atoms with Crippen molar-refractivity contribution in [2.75, 3.05) is 45.9 Å². The average molecular weight is 466 g/mol. The molecule has 1 saturated heterocycles. The van der Waals surface area contributed by atoms with E-state index in [0.29, 0.717) is 12.3 Å². The molecule has 0 aromatic rings. The predicted molar refractivity (Wildman–Crippen MR) is 113 cm³/mol. The van der Waals surface area contributed by atoms with Crippen LogP contribution in [0, 0.1) is 5.92 Å². The van der Waals surface area contributed by atoms with Crippen LogP contribution < -0.4 is 10.6 Å². The summed E-state index contributed by atoms with van der Waals surface area (Å²) in [4.78, 5) is 18.6. The van der Waals surface area contributed by atoms with Crippen molar-refractivity contribution in [1.29, 1.82) is 0 Å². The first-order valence-corrected chi connectivity index (χ1v) is 9.67. The maximum Gasteiger partial charge on any atom is 0.222 e. The Labute approximate surface area is 169 Å². The lowest BCUT2D eigenvalue weighted by molar-refractivity contribution is -0.130. The molecule has 0 aromatic heterocycles. The van der Waals surface area contributed by atoms with E-state index in [1.165, 1.54) is 19.3 Å². The van der Waals surface area contributed by atoms with Crippen molar-refractivity contribution in [3.8, 4) is 0 Å². The molecule has 0 unspecified atom stereocenters. The molecule has 146 valence electrons. The zero-order valence-electron chi connectivity index (χ0n) is 15.6. The van der Waals surface area contributed by atoms with E-state index in [1.807, 2.05) is 4.90 Å². The zero-order chi connectivity index (χ0) is 17.0. The van der Waals surface area contributed by atoms with Crippen LogP contribution in [-0.2, 0) is 9.53 Å². The molecule has 2 aliphatic rings. The Morgan fingerprint density at radius 1 is 1.28 bits per heavy atom. The first-order chi connectivity index (χ1) is 11.8. The van der Waals surface area contributed by atoms with Crippen LogP contribution >= 0.6 is 24.0 Å². The van der Waals surface area contributed by atoms with Crippen LogP contribution in [0.3, 0.4) is 0 Å². The molecule has 6 nitrogen and oxygen atoms in total. The van der Waals surface area contributed by atoms with Gasteiger partial charge < -0.3 is 20.3 Å². The van der Waals surface area contributed by atoms with Gasteiger partial charge in [-0.05, 0) is 44.9 Å². The smallest absolute Gasteiger partial charge is 0.222 e. The molecule has 1 heterocycles. The van der Waals surface area contributed by atoms with E-state index in [2.05, 4.69) is 22.5 Å². The topological polar surface area (TPSA) is 66.0 Å². The summed E-state index contributed by atoms with van der Waals surface area (Å²) in [7, 11) is 0. The summed E-state index contributed by atoms with van der Waals surface area (Å²) in [5.41, 5.74) is 0. The molecule has 1 amide bonds. The van der Waals surface area contributed by atoms with Crippen molar-refractivity contribution < 1.29 is 9.53 Å². The number of hydrogen-bond acceptors (Lipinski definition) is 3. The van der Waals surface area contributed by atoms with Gasteiger partial charge in [-0.3, -0.25) is 9.79 Å². The van der Waals surface area contributed by atoms with E-state index in [4.69, 9.17) is 4.74 Å². The second-order valence-electron chi connectivity index (χ2n) is 6.75. The fourth-order valence-electron chi connectivity index (χ4n) is 2.85. The van der Waals surface area contributed by atoms with Crippen molar-refractivity contribution in [3.63, 3.8) is 0 Å². The number of hydrogen-bond donors (Lipinski definition) is 2. The van der Waals surface area contributed by atoms with Crippen molar-refractivity contribution >= 4 is 35.8 Å². The number of aliphatic imine (C=N–C) groups is 1. The number of likely N-dealkylation sites (tertiary alicyclic amines) is 1. The van der Waals surface area contributed by atoms with Gasteiger partial charge in [-0.15, -0.1) is 24.0 Å². The SMILES string of the molecule is CCNC(=NCCCN1CCCCCC1=O)NCCOCC1CC1.I. The Balaban J connectivity index is 0.00000312. The maximum absolute atomic E-state index is 12.0. The minimum absolute atomic E-state index is 0. The fourth-order valence-corrected chi connectivity index (χ4v) is 2.85. The zero-order valence-corrected chi connectivity index (χ0v) is 17.9. The van der Waals surface area contributed by atoms with Gasteiger partial charge in [0.2, 0.25) is 5.91 Å². The summed E-state index contributed by atoms with van der Waals surface area (Å²) in [5.74, 6) is 1.97. The van der Waals surface area contributed by atoms with Gasteiger partial charge in [0.05, 0.1) is 6.61 Å². The largest absolute Gasteiger partial charge is 0.379 e. The molecule has 1 aliphatic carbocycles. The van der Waals surface area contributed by atoms with Crippen LogP contribution in [0.1, 0.15) is 51.9 Å². The molecule has 0 bridgehead atoms. The average Bonchev–Trinajstić information content (AvgIpc) is 3.40. The summed E-state index contributed by atoms with van der Waals surface area (Å²) in [5, 5.41) is 6.56. The molecular formula is C18H35IN4O2. The number of rotatable bonds is 10. The van der Waals surface area contributed by atoms with Crippen LogP contribution in [0.4, 0.5) is 0 Å². The van der Waals surface area contributed by atoms with Gasteiger partial charge in [0.15, 0.2) is 5.96 Å². The van der Waals surface area contributed by atoms with E-state index >= 15 is 0 Å². The van der Waals surface area contributed by atoms with Crippen molar-refractivity contribution in [2.24, 2.45) is 10.9 Å². The summed E-state index contributed by atoms with van der Waals surface area (Å²) in [6, 6.07) is 0. The quantitative estimate of drug-likeness (QED) is 0.225. The number of amides is 1. The Hall–Kier alpha value is -0.570. The summed E-state index contributed by atoms with van der Waals surface area (Å²) in [6.45, 7) is 7.80. The molecule has 2 rings (SSSR count). The molecule has 0 spiro atoms. The number of carbonyl (C=O) groups excluding carboxylic acids is 1. The van der Waals surface area contributed by atoms with Crippen molar-refractivity contribution in [1.82, 2.24) is 15.5 Å². The number of ether oxygens (including phenoxy) is 1. The van der Waals surface area contributed by atoms with Gasteiger partial charge in [0, 0.05) is 45.8 Å². The van der Waals surface area contributed by atoms with Gasteiger partial charge in [0.25, 0.3) is 0 Å². The van der Waals surface area contributed by atoms with Crippen LogP contribution in [0.5, 0.6) is 0 Å². The second kappa shape index (κ2) is 13.6. The Bertz CT molecular complexity index is 403. The van der Waals surface area contributed by atoms with E-state index in [0.717, 1.165) is 77.1 Å². The molecule has 2 fully saturated rings. The normalized spacial score (nSPS) is 18.5.